The van der Waals surface area contributed by atoms with Gasteiger partial charge in [0.05, 0.1) is 12.7 Å². The van der Waals surface area contributed by atoms with Gasteiger partial charge in [0.25, 0.3) is 0 Å². The van der Waals surface area contributed by atoms with Crippen LogP contribution in [0.1, 0.15) is 45.1 Å². The van der Waals surface area contributed by atoms with Crippen LogP contribution in [0.3, 0.4) is 0 Å². The number of nitrogens with zero attached hydrogens (tertiary/aromatic N) is 5. The molecule has 0 N–H and O–H groups in total. The third-order valence-corrected chi connectivity index (χ3v) is 6.73. The second-order valence-corrected chi connectivity index (χ2v) is 8.67. The van der Waals surface area contributed by atoms with E-state index in [-0.39, 0.29) is 5.91 Å². The number of fused-ring (bicyclic) bond motifs is 4. The first-order valence-corrected chi connectivity index (χ1v) is 10.9. The summed E-state index contributed by atoms with van der Waals surface area (Å²) in [6, 6.07) is 0.401. The largest absolute Gasteiger partial charge is 0.339 e. The fraction of sp³-hybridized carbons (Fsp3) is 0.762. The molecule has 0 aliphatic carbocycles. The van der Waals surface area contributed by atoms with Gasteiger partial charge in [-0.15, -0.1) is 0 Å². The van der Waals surface area contributed by atoms with Gasteiger partial charge in [0, 0.05) is 63.5 Å². The molecule has 3 fully saturated rings. The van der Waals surface area contributed by atoms with E-state index in [4.69, 9.17) is 0 Å². The molecule has 1 aromatic rings. The van der Waals surface area contributed by atoms with Gasteiger partial charge in [0.1, 0.15) is 0 Å². The first-order valence-electron chi connectivity index (χ1n) is 10.9. The molecule has 154 valence electrons. The molecule has 0 radical (unpaired) electrons. The lowest BCUT2D eigenvalue weighted by atomic mass is 9.76. The van der Waals surface area contributed by atoms with Crippen LogP contribution in [0.2, 0.25) is 0 Å². The van der Waals surface area contributed by atoms with E-state index in [1.54, 1.807) is 0 Å². The maximum atomic E-state index is 13.0. The van der Waals surface area contributed by atoms with Gasteiger partial charge in [-0.1, -0.05) is 0 Å². The number of rotatable bonds is 6. The minimum absolute atomic E-state index is 0.197. The average molecular weight is 388 g/mol. The van der Waals surface area contributed by atoms with Gasteiger partial charge in [-0.2, -0.15) is 5.10 Å². The van der Waals surface area contributed by atoms with E-state index in [0.717, 1.165) is 51.0 Å². The van der Waals surface area contributed by atoms with Crippen LogP contribution >= 0.6 is 0 Å². The van der Waals surface area contributed by atoms with E-state index in [1.807, 2.05) is 28.9 Å². The molecule has 3 saturated heterocycles. The predicted molar refractivity (Wildman–Crippen MR) is 106 cm³/mol. The maximum Gasteiger partial charge on any atom is 0.237 e. The highest BCUT2D eigenvalue weighted by molar-refractivity contribution is 5.78. The van der Waals surface area contributed by atoms with Crippen molar-refractivity contribution in [3.63, 3.8) is 0 Å². The van der Waals surface area contributed by atoms with Crippen LogP contribution in [-0.4, -0.2) is 75.1 Å². The molecule has 3 atom stereocenters. The van der Waals surface area contributed by atoms with Crippen molar-refractivity contribution in [2.24, 2.45) is 11.8 Å². The zero-order valence-electron chi connectivity index (χ0n) is 17.2. The fourth-order valence-electron chi connectivity index (χ4n) is 5.39. The number of amides is 2. The van der Waals surface area contributed by atoms with E-state index in [2.05, 4.69) is 21.8 Å². The zero-order valence-corrected chi connectivity index (χ0v) is 17.2. The minimum Gasteiger partial charge on any atom is -0.339 e. The Morgan fingerprint density at radius 2 is 2.14 bits per heavy atom. The first kappa shape index (κ1) is 19.4. The summed E-state index contributed by atoms with van der Waals surface area (Å²) >= 11 is 0. The van der Waals surface area contributed by atoms with Crippen molar-refractivity contribution in [1.82, 2.24) is 24.5 Å². The second kappa shape index (κ2) is 8.23. The Kier molecular flexibility index (Phi) is 5.71. The van der Waals surface area contributed by atoms with Crippen molar-refractivity contribution < 1.29 is 9.59 Å². The third-order valence-electron chi connectivity index (χ3n) is 6.73. The molecule has 2 bridgehead atoms. The van der Waals surface area contributed by atoms with Gasteiger partial charge in [0.15, 0.2) is 0 Å². The predicted octanol–water partition coefficient (Wildman–Crippen LogP) is 1.58. The monoisotopic (exact) mass is 387 g/mol. The molecule has 0 aromatic carbocycles. The Morgan fingerprint density at radius 1 is 1.29 bits per heavy atom. The summed E-state index contributed by atoms with van der Waals surface area (Å²) in [6.45, 7) is 9.54. The fourth-order valence-corrected chi connectivity index (χ4v) is 5.39. The average Bonchev–Trinajstić information content (AvgIpc) is 3.14. The Hall–Kier alpha value is -1.89. The van der Waals surface area contributed by atoms with Crippen LogP contribution in [0.5, 0.6) is 0 Å². The first-order chi connectivity index (χ1) is 13.6. The van der Waals surface area contributed by atoms with Crippen molar-refractivity contribution in [2.75, 3.05) is 32.7 Å². The molecule has 28 heavy (non-hydrogen) atoms. The lowest BCUT2D eigenvalue weighted by Crippen LogP contribution is -2.61. The maximum absolute atomic E-state index is 13.0. The van der Waals surface area contributed by atoms with Crippen LogP contribution in [0.15, 0.2) is 12.4 Å². The Morgan fingerprint density at radius 3 is 2.89 bits per heavy atom. The molecule has 7 heteroatoms. The van der Waals surface area contributed by atoms with Crippen LogP contribution in [0.25, 0.3) is 0 Å². The smallest absolute Gasteiger partial charge is 0.237 e. The molecular weight excluding hydrogens is 354 g/mol. The van der Waals surface area contributed by atoms with Crippen molar-refractivity contribution in [1.29, 1.82) is 0 Å². The standard InChI is InChI=1S/C21H33N5O2/c1-3-24(11-17-9-22-25(4-2)12-17)21(28)15-23-10-16-8-18(14-23)19-6-5-7-20(27)26(19)13-16/h9,12,16,18-19H,3-8,10-11,13-15H2,1-2H3/t16-,18-,19-/m1/s1. The van der Waals surface area contributed by atoms with Gasteiger partial charge >= 0.3 is 0 Å². The molecule has 0 spiro atoms. The summed E-state index contributed by atoms with van der Waals surface area (Å²) in [7, 11) is 0. The highest BCUT2D eigenvalue weighted by Crippen LogP contribution is 2.37. The van der Waals surface area contributed by atoms with E-state index in [9.17, 15) is 9.59 Å². The number of hydrogen-bond donors (Lipinski definition) is 0. The third kappa shape index (κ3) is 3.95. The van der Waals surface area contributed by atoms with E-state index < -0.39 is 0 Å². The van der Waals surface area contributed by atoms with Gasteiger partial charge in [-0.05, 0) is 44.9 Å². The van der Waals surface area contributed by atoms with Gasteiger partial charge in [-0.25, -0.2) is 0 Å². The van der Waals surface area contributed by atoms with Crippen molar-refractivity contribution in [3.05, 3.63) is 18.0 Å². The van der Waals surface area contributed by atoms with Gasteiger partial charge in [0.2, 0.25) is 11.8 Å². The topological polar surface area (TPSA) is 61.7 Å². The van der Waals surface area contributed by atoms with Crippen LogP contribution in [0, 0.1) is 11.8 Å². The number of likely N-dealkylation sites (tertiary alicyclic amines) is 1. The number of carbonyl (C=O) groups is 2. The number of carbonyl (C=O) groups excluding carboxylic acids is 2. The molecule has 3 aliphatic heterocycles. The highest BCUT2D eigenvalue weighted by Gasteiger charge is 2.44. The van der Waals surface area contributed by atoms with Crippen LogP contribution < -0.4 is 0 Å². The van der Waals surface area contributed by atoms with Crippen LogP contribution in [-0.2, 0) is 22.7 Å². The molecule has 3 aliphatic rings. The number of likely N-dealkylation sites (N-methyl/N-ethyl adjacent to an activating group) is 1. The molecular formula is C21H33N5O2. The van der Waals surface area contributed by atoms with E-state index in [1.165, 1.54) is 6.42 Å². The van der Waals surface area contributed by atoms with Crippen molar-refractivity contribution in [3.8, 4) is 0 Å². The quantitative estimate of drug-likeness (QED) is 0.744. The van der Waals surface area contributed by atoms with Crippen LogP contribution in [0.4, 0.5) is 0 Å². The van der Waals surface area contributed by atoms with Gasteiger partial charge < -0.3 is 9.80 Å². The van der Waals surface area contributed by atoms with E-state index >= 15 is 0 Å². The molecule has 0 unspecified atom stereocenters. The summed E-state index contributed by atoms with van der Waals surface area (Å²) in [5.41, 5.74) is 1.09. The molecule has 2 amide bonds. The van der Waals surface area contributed by atoms with Crippen molar-refractivity contribution in [2.45, 2.75) is 58.7 Å². The Balaban J connectivity index is 1.36. The Labute approximate surface area is 167 Å². The summed E-state index contributed by atoms with van der Waals surface area (Å²) in [6.07, 6.45) is 7.98. The molecule has 4 heterocycles. The molecule has 4 rings (SSSR count). The highest BCUT2D eigenvalue weighted by atomic mass is 16.2. The van der Waals surface area contributed by atoms with E-state index in [0.29, 0.717) is 43.4 Å². The number of piperidine rings is 3. The normalized spacial score (nSPS) is 27.6. The number of aryl methyl sites for hydroxylation is 1. The Bertz CT molecular complexity index is 717. The zero-order chi connectivity index (χ0) is 19.7. The number of aromatic nitrogens is 2. The second-order valence-electron chi connectivity index (χ2n) is 8.67. The summed E-state index contributed by atoms with van der Waals surface area (Å²) < 4.78 is 1.90. The summed E-state index contributed by atoms with van der Waals surface area (Å²) in [5, 5.41) is 4.32. The molecule has 1 aromatic heterocycles. The van der Waals surface area contributed by atoms with Crippen molar-refractivity contribution >= 4 is 11.8 Å². The summed E-state index contributed by atoms with van der Waals surface area (Å²) in [4.78, 5) is 31.7. The minimum atomic E-state index is 0.197. The van der Waals surface area contributed by atoms with Gasteiger partial charge in [-0.3, -0.25) is 19.2 Å². The summed E-state index contributed by atoms with van der Waals surface area (Å²) in [5.74, 6) is 1.59. The molecule has 0 saturated carbocycles. The number of hydrogen-bond acceptors (Lipinski definition) is 4. The lowest BCUT2D eigenvalue weighted by Gasteiger charge is -2.52. The SMILES string of the molecule is CCN(Cc1cnn(CC)c1)C(=O)CN1C[C@H]2C[C@H](C1)[C@H]1CCCC(=O)N1C2. The lowest BCUT2D eigenvalue weighted by molar-refractivity contribution is -0.146. The molecule has 7 nitrogen and oxygen atoms in total.